The van der Waals surface area contributed by atoms with Gasteiger partial charge in [0.05, 0.1) is 28.6 Å². The standard InChI is InChI=1S/C18H11ClF3N3O/c1-10-16-13(18(20,21)22)9-14(15-6-3-7-26-15)23-17(16)25(24-10)12-5-2-4-11(19)8-12/h2-9H,1H3. The van der Waals surface area contributed by atoms with Crippen molar-refractivity contribution in [2.45, 2.75) is 13.1 Å². The highest BCUT2D eigenvalue weighted by Gasteiger charge is 2.36. The van der Waals surface area contributed by atoms with Crippen molar-refractivity contribution in [1.29, 1.82) is 0 Å². The van der Waals surface area contributed by atoms with Crippen LogP contribution in [0.2, 0.25) is 5.02 Å². The Morgan fingerprint density at radius 2 is 1.92 bits per heavy atom. The van der Waals surface area contributed by atoms with Gasteiger partial charge < -0.3 is 4.42 Å². The van der Waals surface area contributed by atoms with Crippen LogP contribution in [0.1, 0.15) is 11.3 Å². The SMILES string of the molecule is Cc1nn(-c2cccc(Cl)c2)c2nc(-c3ccco3)cc(C(F)(F)F)c12. The van der Waals surface area contributed by atoms with E-state index in [1.54, 1.807) is 36.4 Å². The number of fused-ring (bicyclic) bond motifs is 1. The van der Waals surface area contributed by atoms with Crippen LogP contribution in [-0.4, -0.2) is 14.8 Å². The molecule has 0 saturated carbocycles. The molecule has 8 heteroatoms. The van der Waals surface area contributed by atoms with Crippen LogP contribution in [-0.2, 0) is 6.18 Å². The van der Waals surface area contributed by atoms with E-state index in [9.17, 15) is 13.2 Å². The number of alkyl halides is 3. The van der Waals surface area contributed by atoms with Crippen molar-refractivity contribution in [2.24, 2.45) is 0 Å². The quantitative estimate of drug-likeness (QED) is 0.452. The maximum absolute atomic E-state index is 13.7. The van der Waals surface area contributed by atoms with E-state index in [0.717, 1.165) is 6.07 Å². The summed E-state index contributed by atoms with van der Waals surface area (Å²) in [5, 5.41) is 4.66. The van der Waals surface area contributed by atoms with Crippen LogP contribution in [0.15, 0.2) is 53.1 Å². The molecular weight excluding hydrogens is 367 g/mol. The number of pyridine rings is 1. The van der Waals surface area contributed by atoms with Gasteiger partial charge in [-0.15, -0.1) is 0 Å². The maximum atomic E-state index is 13.7. The van der Waals surface area contributed by atoms with Crippen LogP contribution in [0.4, 0.5) is 13.2 Å². The zero-order valence-electron chi connectivity index (χ0n) is 13.4. The van der Waals surface area contributed by atoms with E-state index in [0.29, 0.717) is 10.7 Å². The van der Waals surface area contributed by atoms with E-state index in [2.05, 4.69) is 10.1 Å². The third-order valence-corrected chi connectivity index (χ3v) is 4.18. The van der Waals surface area contributed by atoms with Crippen LogP contribution in [0.25, 0.3) is 28.2 Å². The smallest absolute Gasteiger partial charge is 0.417 e. The third kappa shape index (κ3) is 2.74. The molecule has 0 bridgehead atoms. The molecule has 0 N–H and O–H groups in total. The summed E-state index contributed by atoms with van der Waals surface area (Å²) < 4.78 is 47.6. The lowest BCUT2D eigenvalue weighted by Gasteiger charge is -2.11. The molecule has 0 aliphatic rings. The molecule has 3 heterocycles. The largest absolute Gasteiger partial charge is 0.463 e. The lowest BCUT2D eigenvalue weighted by atomic mass is 10.1. The molecule has 132 valence electrons. The van der Waals surface area contributed by atoms with E-state index in [-0.39, 0.29) is 28.2 Å². The van der Waals surface area contributed by atoms with Gasteiger partial charge in [0.15, 0.2) is 11.4 Å². The molecule has 0 unspecified atom stereocenters. The number of benzene rings is 1. The van der Waals surface area contributed by atoms with Crippen molar-refractivity contribution < 1.29 is 17.6 Å². The normalized spacial score (nSPS) is 12.0. The molecular formula is C18H11ClF3N3O. The first-order chi connectivity index (χ1) is 12.3. The van der Waals surface area contributed by atoms with Crippen molar-refractivity contribution in [1.82, 2.24) is 14.8 Å². The molecule has 4 nitrogen and oxygen atoms in total. The van der Waals surface area contributed by atoms with E-state index >= 15 is 0 Å². The predicted octanol–water partition coefficient (Wildman–Crippen LogP) is 5.66. The third-order valence-electron chi connectivity index (χ3n) is 3.94. The van der Waals surface area contributed by atoms with E-state index in [1.807, 2.05) is 0 Å². The Hall–Kier alpha value is -2.80. The molecule has 0 spiro atoms. The fourth-order valence-electron chi connectivity index (χ4n) is 2.85. The molecule has 0 radical (unpaired) electrons. The zero-order chi connectivity index (χ0) is 18.5. The Balaban J connectivity index is 2.08. The second-order valence-corrected chi connectivity index (χ2v) is 6.14. The van der Waals surface area contributed by atoms with Gasteiger partial charge in [0, 0.05) is 5.02 Å². The Labute approximate surface area is 150 Å². The van der Waals surface area contributed by atoms with Crippen molar-refractivity contribution in [2.75, 3.05) is 0 Å². The topological polar surface area (TPSA) is 43.9 Å². The van der Waals surface area contributed by atoms with Crippen LogP contribution < -0.4 is 0 Å². The summed E-state index contributed by atoms with van der Waals surface area (Å²) in [5.41, 5.74) is 0.113. The second kappa shape index (κ2) is 5.88. The van der Waals surface area contributed by atoms with E-state index in [4.69, 9.17) is 16.0 Å². The van der Waals surface area contributed by atoms with Crippen LogP contribution in [0, 0.1) is 6.92 Å². The predicted molar refractivity (Wildman–Crippen MR) is 91.3 cm³/mol. The zero-order valence-corrected chi connectivity index (χ0v) is 14.1. The highest BCUT2D eigenvalue weighted by Crippen LogP contribution is 2.38. The van der Waals surface area contributed by atoms with Crippen molar-refractivity contribution in [3.8, 4) is 17.1 Å². The highest BCUT2D eigenvalue weighted by atomic mass is 35.5. The lowest BCUT2D eigenvalue weighted by molar-refractivity contribution is -0.136. The molecule has 0 fully saturated rings. The Kier molecular flexibility index (Phi) is 3.77. The Bertz CT molecular complexity index is 1100. The number of hydrogen-bond acceptors (Lipinski definition) is 3. The molecule has 0 atom stereocenters. The summed E-state index contributed by atoms with van der Waals surface area (Å²) in [4.78, 5) is 4.38. The van der Waals surface area contributed by atoms with Gasteiger partial charge in [0.1, 0.15) is 5.69 Å². The van der Waals surface area contributed by atoms with Crippen molar-refractivity contribution >= 4 is 22.6 Å². The molecule has 26 heavy (non-hydrogen) atoms. The first-order valence-electron chi connectivity index (χ1n) is 7.62. The van der Waals surface area contributed by atoms with Crippen molar-refractivity contribution in [3.05, 3.63) is 65.0 Å². The molecule has 4 rings (SSSR count). The summed E-state index contributed by atoms with van der Waals surface area (Å²) in [6, 6.07) is 10.8. The number of aromatic nitrogens is 3. The number of aryl methyl sites for hydroxylation is 1. The van der Waals surface area contributed by atoms with Gasteiger partial charge in [-0.05, 0) is 43.3 Å². The number of nitrogens with zero attached hydrogens (tertiary/aromatic N) is 3. The van der Waals surface area contributed by atoms with E-state index < -0.39 is 11.7 Å². The van der Waals surface area contributed by atoms with Gasteiger partial charge in [-0.25, -0.2) is 9.67 Å². The minimum Gasteiger partial charge on any atom is -0.463 e. The monoisotopic (exact) mass is 377 g/mol. The Morgan fingerprint density at radius 1 is 1.12 bits per heavy atom. The molecule has 1 aromatic carbocycles. The first kappa shape index (κ1) is 16.7. The fourth-order valence-corrected chi connectivity index (χ4v) is 3.04. The van der Waals surface area contributed by atoms with Gasteiger partial charge in [0.2, 0.25) is 0 Å². The average molecular weight is 378 g/mol. The summed E-state index contributed by atoms with van der Waals surface area (Å²) >= 11 is 6.01. The summed E-state index contributed by atoms with van der Waals surface area (Å²) in [5.74, 6) is 0.244. The first-order valence-corrected chi connectivity index (χ1v) is 8.00. The van der Waals surface area contributed by atoms with Gasteiger partial charge in [-0.3, -0.25) is 0 Å². The van der Waals surface area contributed by atoms with Gasteiger partial charge >= 0.3 is 6.18 Å². The van der Waals surface area contributed by atoms with Gasteiger partial charge in [0.25, 0.3) is 0 Å². The number of furan rings is 1. The highest BCUT2D eigenvalue weighted by molar-refractivity contribution is 6.30. The van der Waals surface area contributed by atoms with Crippen molar-refractivity contribution in [3.63, 3.8) is 0 Å². The minimum absolute atomic E-state index is 0.0484. The lowest BCUT2D eigenvalue weighted by Crippen LogP contribution is -2.08. The Morgan fingerprint density at radius 3 is 2.58 bits per heavy atom. The van der Waals surface area contributed by atoms with Crippen LogP contribution in [0.3, 0.4) is 0 Å². The fraction of sp³-hybridized carbons (Fsp3) is 0.111. The summed E-state index contributed by atoms with van der Waals surface area (Å²) in [7, 11) is 0. The molecule has 0 aliphatic heterocycles. The number of halogens is 4. The van der Waals surface area contributed by atoms with Crippen LogP contribution in [0.5, 0.6) is 0 Å². The van der Waals surface area contributed by atoms with E-state index in [1.165, 1.54) is 17.9 Å². The molecule has 0 amide bonds. The second-order valence-electron chi connectivity index (χ2n) is 5.71. The van der Waals surface area contributed by atoms with Gasteiger partial charge in [-0.1, -0.05) is 17.7 Å². The summed E-state index contributed by atoms with van der Waals surface area (Å²) in [6.45, 7) is 1.52. The number of rotatable bonds is 2. The number of hydrogen-bond donors (Lipinski definition) is 0. The average Bonchev–Trinajstić information content (AvgIpc) is 3.22. The van der Waals surface area contributed by atoms with Crippen LogP contribution >= 0.6 is 11.6 Å². The maximum Gasteiger partial charge on any atom is 0.417 e. The molecule has 0 aliphatic carbocycles. The molecule has 4 aromatic rings. The summed E-state index contributed by atoms with van der Waals surface area (Å²) in [6.07, 6.45) is -3.18. The molecule has 0 saturated heterocycles. The molecule has 3 aromatic heterocycles. The minimum atomic E-state index is -4.56. The van der Waals surface area contributed by atoms with Gasteiger partial charge in [-0.2, -0.15) is 18.3 Å².